The van der Waals surface area contributed by atoms with Gasteiger partial charge in [-0.1, -0.05) is 70.6 Å². The first-order valence-corrected chi connectivity index (χ1v) is 16.4. The molecule has 0 radical (unpaired) electrons. The van der Waals surface area contributed by atoms with Crippen LogP contribution in [0.3, 0.4) is 0 Å². The van der Waals surface area contributed by atoms with Gasteiger partial charge >= 0.3 is 103 Å². The summed E-state index contributed by atoms with van der Waals surface area (Å²) in [7, 11) is 0. The molecule has 2 aromatic heterocycles. The Kier molecular flexibility index (Phi) is 8.96. The van der Waals surface area contributed by atoms with Gasteiger partial charge in [0, 0.05) is 11.1 Å². The first kappa shape index (κ1) is 25.7. The number of anilines is 2. The number of para-hydroxylation sites is 2. The summed E-state index contributed by atoms with van der Waals surface area (Å²) >= 11 is 26.5. The third-order valence-corrected chi connectivity index (χ3v) is 19.1. The third kappa shape index (κ3) is 4.30. The predicted octanol–water partition coefficient (Wildman–Crippen LogP) is -0.217. The van der Waals surface area contributed by atoms with Gasteiger partial charge in [0.05, 0.1) is 20.4 Å². The summed E-state index contributed by atoms with van der Waals surface area (Å²) in [5, 5.41) is 1.50. The second kappa shape index (κ2) is 9.76. The van der Waals surface area contributed by atoms with Gasteiger partial charge in [-0.05, 0) is 24.3 Å². The van der Waals surface area contributed by atoms with E-state index in [-0.39, 0.29) is 103 Å². The van der Waals surface area contributed by atoms with Crippen LogP contribution in [0.15, 0.2) is 48.5 Å². The van der Waals surface area contributed by atoms with Crippen LogP contribution in [0.2, 0.25) is 0 Å². The van der Waals surface area contributed by atoms with Gasteiger partial charge in [0.2, 0.25) is 0 Å². The number of rotatable bonds is 2. The number of hydrogen-bond acceptors (Lipinski definition) is 8. The molecular weight excluding hydrogens is 557 g/mol. The number of fused-ring (bicyclic) bond motifs is 2. The van der Waals surface area contributed by atoms with Crippen molar-refractivity contribution in [1.29, 1.82) is 0 Å². The molecule has 3 heterocycles. The number of thiazole rings is 2. The molecule has 1 fully saturated rings. The molecule has 28 heavy (non-hydrogen) atoms. The van der Waals surface area contributed by atoms with Crippen LogP contribution < -0.4 is 112 Å². The Hall–Kier alpha value is 3.09. The molecule has 132 valence electrons. The monoisotopic (exact) mass is 564 g/mol. The zero-order chi connectivity index (χ0) is 18.1. The van der Waals surface area contributed by atoms with E-state index >= 15 is 0 Å². The minimum absolute atomic E-state index is 0. The largest absolute Gasteiger partial charge is 1.00 e. The normalized spacial score (nSPS) is 23.9. The van der Waals surface area contributed by atoms with Gasteiger partial charge < -0.3 is 24.5 Å². The standard InChI is InChI=1S/C14H10N4P2S6.2K/c21-19(22)17(13-15-9-5-1-3-7-11(9)25-13)20(23,24)18(19)14-16-10-6-2-4-8-12(10)26-14;;/h1-8H,(H,21,22)(H,23,24);;/q;2*+1/p-2. The van der Waals surface area contributed by atoms with E-state index < -0.39 is 11.1 Å². The fourth-order valence-corrected chi connectivity index (χ4v) is 24.3. The summed E-state index contributed by atoms with van der Waals surface area (Å²) < 4.78 is 5.95. The maximum absolute atomic E-state index is 5.84. The smallest absolute Gasteiger partial charge is 0.704 e. The molecule has 0 atom stereocenters. The van der Waals surface area contributed by atoms with Crippen LogP contribution in [0.1, 0.15) is 0 Å². The van der Waals surface area contributed by atoms with E-state index in [9.17, 15) is 0 Å². The fraction of sp³-hybridized carbons (Fsp3) is 0. The molecule has 1 aliphatic heterocycles. The van der Waals surface area contributed by atoms with Crippen LogP contribution in [0.5, 0.6) is 0 Å². The molecule has 0 bridgehead atoms. The second-order valence-electron chi connectivity index (χ2n) is 5.49. The van der Waals surface area contributed by atoms with Crippen LogP contribution in [-0.4, -0.2) is 9.97 Å². The molecule has 1 saturated heterocycles. The Morgan fingerprint density at radius 3 is 1.43 bits per heavy atom. The molecule has 0 spiro atoms. The molecule has 0 saturated carbocycles. The SMILES string of the molecule is S=P1([S-])N(c2nc3ccccc3s2)P(=S)([S-])N1c1nc2ccccc2s1.[K+].[K+]. The van der Waals surface area contributed by atoms with Crippen molar-refractivity contribution in [2.24, 2.45) is 0 Å². The molecule has 0 aliphatic carbocycles. The van der Waals surface area contributed by atoms with Crippen molar-refractivity contribution in [1.82, 2.24) is 9.97 Å². The van der Waals surface area contributed by atoms with E-state index in [4.69, 9.17) is 48.1 Å². The van der Waals surface area contributed by atoms with Crippen LogP contribution in [0.4, 0.5) is 10.3 Å². The van der Waals surface area contributed by atoms with Gasteiger partial charge in [0.15, 0.2) is 10.3 Å². The van der Waals surface area contributed by atoms with E-state index in [1.54, 1.807) is 22.7 Å². The average molecular weight is 565 g/mol. The molecule has 5 rings (SSSR count). The van der Waals surface area contributed by atoms with E-state index in [1.165, 1.54) is 0 Å². The maximum atomic E-state index is 5.84. The molecule has 14 heteroatoms. The Morgan fingerprint density at radius 2 is 1.07 bits per heavy atom. The van der Waals surface area contributed by atoms with E-state index in [0.717, 1.165) is 30.7 Å². The van der Waals surface area contributed by atoms with E-state index in [1.807, 2.05) is 57.4 Å². The Morgan fingerprint density at radius 1 is 0.714 bits per heavy atom. The summed E-state index contributed by atoms with van der Waals surface area (Å²) in [5.41, 5.74) is -3.25. The summed E-state index contributed by atoms with van der Waals surface area (Å²) in [6, 6.07) is 15.9. The Bertz CT molecular complexity index is 1100. The van der Waals surface area contributed by atoms with Crippen molar-refractivity contribution in [2.45, 2.75) is 0 Å². The van der Waals surface area contributed by atoms with Crippen molar-refractivity contribution in [3.05, 3.63) is 48.5 Å². The number of nitrogens with zero attached hydrogens (tertiary/aromatic N) is 4. The van der Waals surface area contributed by atoms with Crippen LogP contribution in [0.25, 0.3) is 20.4 Å². The molecule has 0 N–H and O–H groups in total. The summed E-state index contributed by atoms with van der Waals surface area (Å²) in [5.74, 6) is 0. The molecular formula is C14H8K2N4P2S6. The van der Waals surface area contributed by atoms with Gasteiger partial charge in [-0.15, -0.1) is 0 Å². The van der Waals surface area contributed by atoms with Gasteiger partial charge in [-0.25, -0.2) is 9.97 Å². The van der Waals surface area contributed by atoms with Crippen LogP contribution in [0, 0.1) is 0 Å². The van der Waals surface area contributed by atoms with Crippen molar-refractivity contribution < 1.29 is 103 Å². The Balaban J connectivity index is 0.00000112. The molecule has 4 aromatic rings. The molecule has 0 amide bonds. The van der Waals surface area contributed by atoms with E-state index in [2.05, 4.69) is 9.97 Å². The fourth-order valence-electron chi connectivity index (χ4n) is 2.74. The number of aromatic nitrogens is 2. The van der Waals surface area contributed by atoms with Crippen LogP contribution in [-0.2, 0) is 48.1 Å². The zero-order valence-corrected chi connectivity index (χ0v) is 27.7. The van der Waals surface area contributed by atoms with Crippen LogP contribution >= 0.6 is 33.8 Å². The minimum Gasteiger partial charge on any atom is -0.704 e. The number of hydrogen-bond donors (Lipinski definition) is 0. The quantitative estimate of drug-likeness (QED) is 0.188. The van der Waals surface area contributed by atoms with Crippen molar-refractivity contribution in [2.75, 3.05) is 8.88 Å². The summed E-state index contributed by atoms with van der Waals surface area (Å²) in [6.45, 7) is 0. The third-order valence-electron chi connectivity index (χ3n) is 3.86. The van der Waals surface area contributed by atoms with Crippen molar-refractivity contribution in [3.63, 3.8) is 0 Å². The maximum Gasteiger partial charge on any atom is 1.00 e. The zero-order valence-electron chi connectivity index (χ0n) is 14.8. The minimum atomic E-state index is -2.54. The topological polar surface area (TPSA) is 32.3 Å². The van der Waals surface area contributed by atoms with Gasteiger partial charge in [-0.3, -0.25) is 8.88 Å². The van der Waals surface area contributed by atoms with Gasteiger partial charge in [0.1, 0.15) is 0 Å². The van der Waals surface area contributed by atoms with Crippen molar-refractivity contribution >= 4 is 113 Å². The Labute approximate surface area is 276 Å². The number of benzene rings is 2. The summed E-state index contributed by atoms with van der Waals surface area (Å²) in [6.07, 6.45) is 0. The van der Waals surface area contributed by atoms with Crippen molar-refractivity contribution in [3.8, 4) is 0 Å². The molecule has 1 aliphatic rings. The predicted molar refractivity (Wildman–Crippen MR) is 127 cm³/mol. The second-order valence-corrected chi connectivity index (χ2v) is 19.2. The summed E-state index contributed by atoms with van der Waals surface area (Å²) in [4.78, 5) is 9.37. The first-order chi connectivity index (χ1) is 12.4. The average Bonchev–Trinajstić information content (AvgIpc) is 3.15. The molecule has 0 unspecified atom stereocenters. The molecule has 2 aromatic carbocycles. The van der Waals surface area contributed by atoms with Gasteiger partial charge in [-0.2, -0.15) is 0 Å². The van der Waals surface area contributed by atoms with E-state index in [0.29, 0.717) is 0 Å². The first-order valence-electron chi connectivity index (χ1n) is 7.34. The molecule has 4 nitrogen and oxygen atoms in total. The van der Waals surface area contributed by atoms with Gasteiger partial charge in [0.25, 0.3) is 0 Å².